The van der Waals surface area contributed by atoms with Crippen molar-refractivity contribution in [1.29, 1.82) is 0 Å². The molecule has 1 unspecified atom stereocenters. The quantitative estimate of drug-likeness (QED) is 0.570. The fourth-order valence-corrected chi connectivity index (χ4v) is 1.37. The van der Waals surface area contributed by atoms with E-state index >= 15 is 0 Å². The molecule has 0 rings (SSSR count). The first kappa shape index (κ1) is 16.4. The number of nitrogens with one attached hydrogen (secondary N) is 1. The zero-order valence-corrected chi connectivity index (χ0v) is 11.5. The van der Waals surface area contributed by atoms with Gasteiger partial charge in [0.25, 0.3) is 0 Å². The van der Waals surface area contributed by atoms with E-state index in [0.717, 1.165) is 0 Å². The Hall–Kier alpha value is -0.650. The van der Waals surface area contributed by atoms with Crippen LogP contribution < -0.4 is 5.32 Å². The molecule has 0 aromatic carbocycles. The van der Waals surface area contributed by atoms with Crippen molar-refractivity contribution in [2.45, 2.75) is 26.8 Å². The van der Waals surface area contributed by atoms with Crippen molar-refractivity contribution in [2.75, 3.05) is 46.6 Å². The van der Waals surface area contributed by atoms with Gasteiger partial charge in [0.1, 0.15) is 0 Å². The average Bonchev–Trinajstić information content (AvgIpc) is 2.35. The van der Waals surface area contributed by atoms with E-state index in [9.17, 15) is 4.79 Å². The number of carbonyl (C=O) groups is 1. The van der Waals surface area contributed by atoms with Crippen LogP contribution >= 0.6 is 0 Å². The van der Waals surface area contributed by atoms with E-state index in [1.165, 1.54) is 0 Å². The molecule has 0 radical (unpaired) electrons. The Morgan fingerprint density at radius 1 is 1.18 bits per heavy atom. The molecule has 1 atom stereocenters. The smallest absolute Gasteiger partial charge is 0.239 e. The minimum Gasteiger partial charge on any atom is -0.380 e. The summed E-state index contributed by atoms with van der Waals surface area (Å²) in [6.45, 7) is 9.49. The Labute approximate surface area is 104 Å². The van der Waals surface area contributed by atoms with Crippen LogP contribution in [0.15, 0.2) is 0 Å². The van der Waals surface area contributed by atoms with Gasteiger partial charge >= 0.3 is 0 Å². The minimum absolute atomic E-state index is 0.0897. The second-order valence-electron chi connectivity index (χ2n) is 3.73. The van der Waals surface area contributed by atoms with E-state index in [0.29, 0.717) is 39.5 Å². The summed E-state index contributed by atoms with van der Waals surface area (Å²) in [5.41, 5.74) is 0. The van der Waals surface area contributed by atoms with Crippen molar-refractivity contribution < 1.29 is 14.3 Å². The molecule has 5 nitrogen and oxygen atoms in total. The lowest BCUT2D eigenvalue weighted by atomic mass is 10.3. The molecule has 0 heterocycles. The normalized spacial score (nSPS) is 12.5. The van der Waals surface area contributed by atoms with Gasteiger partial charge in [-0.25, -0.2) is 0 Å². The molecule has 0 spiro atoms. The number of hydrogen-bond acceptors (Lipinski definition) is 4. The topological polar surface area (TPSA) is 50.8 Å². The molecule has 0 fully saturated rings. The molecule has 1 N–H and O–H groups in total. The molecule has 0 aliphatic rings. The highest BCUT2D eigenvalue weighted by molar-refractivity contribution is 5.81. The van der Waals surface area contributed by atoms with Crippen molar-refractivity contribution in [1.82, 2.24) is 10.2 Å². The molecular formula is C12H26N2O3. The lowest BCUT2D eigenvalue weighted by Gasteiger charge is -2.25. The first-order chi connectivity index (χ1) is 8.17. The summed E-state index contributed by atoms with van der Waals surface area (Å²) >= 11 is 0. The molecule has 17 heavy (non-hydrogen) atoms. The van der Waals surface area contributed by atoms with E-state index in [2.05, 4.69) is 5.32 Å². The maximum atomic E-state index is 12.0. The van der Waals surface area contributed by atoms with Gasteiger partial charge in [0, 0.05) is 26.3 Å². The molecule has 5 heteroatoms. The molecule has 1 amide bonds. The number of nitrogens with zero attached hydrogens (tertiary/aromatic N) is 1. The fraction of sp³-hybridized carbons (Fsp3) is 0.917. The summed E-state index contributed by atoms with van der Waals surface area (Å²) < 4.78 is 10.6. The Morgan fingerprint density at radius 3 is 2.00 bits per heavy atom. The molecule has 0 saturated carbocycles. The third-order valence-electron chi connectivity index (χ3n) is 2.53. The number of carbonyl (C=O) groups excluding carboxylic acids is 1. The molecule has 102 valence electrons. The molecule has 0 aromatic heterocycles. The summed E-state index contributed by atoms with van der Waals surface area (Å²) in [5.74, 6) is 0.0897. The number of likely N-dealkylation sites (N-methyl/N-ethyl adjacent to an activating group) is 1. The highest BCUT2D eigenvalue weighted by Crippen LogP contribution is 1.96. The summed E-state index contributed by atoms with van der Waals surface area (Å²) in [4.78, 5) is 13.8. The molecule has 0 aliphatic heterocycles. The Morgan fingerprint density at radius 2 is 1.65 bits per heavy atom. The average molecular weight is 246 g/mol. The predicted octanol–water partition coefficient (Wildman–Crippen LogP) is 0.496. The zero-order chi connectivity index (χ0) is 13.1. The van der Waals surface area contributed by atoms with Gasteiger partial charge in [0.05, 0.1) is 19.3 Å². The lowest BCUT2D eigenvalue weighted by molar-refractivity contribution is -0.134. The van der Waals surface area contributed by atoms with Gasteiger partial charge in [-0.1, -0.05) is 0 Å². The van der Waals surface area contributed by atoms with Gasteiger partial charge in [-0.2, -0.15) is 0 Å². The standard InChI is InChI=1S/C12H26N2O3/c1-5-16-9-7-14(8-10-17-6-2)12(15)11(3)13-4/h11,13H,5-10H2,1-4H3. The van der Waals surface area contributed by atoms with Crippen molar-refractivity contribution in [2.24, 2.45) is 0 Å². The molecule has 0 bridgehead atoms. The second kappa shape index (κ2) is 10.5. The van der Waals surface area contributed by atoms with E-state index < -0.39 is 0 Å². The monoisotopic (exact) mass is 246 g/mol. The molecule has 0 saturated heterocycles. The van der Waals surface area contributed by atoms with E-state index in [4.69, 9.17) is 9.47 Å². The Balaban J connectivity index is 4.12. The van der Waals surface area contributed by atoms with Crippen molar-refractivity contribution in [3.8, 4) is 0 Å². The highest BCUT2D eigenvalue weighted by Gasteiger charge is 2.18. The van der Waals surface area contributed by atoms with Crippen LogP contribution in [-0.4, -0.2) is 63.4 Å². The lowest BCUT2D eigenvalue weighted by Crippen LogP contribution is -2.46. The largest absolute Gasteiger partial charge is 0.380 e. The third-order valence-corrected chi connectivity index (χ3v) is 2.53. The number of ether oxygens (including phenoxy) is 2. The number of hydrogen-bond donors (Lipinski definition) is 1. The van der Waals surface area contributed by atoms with Gasteiger partial charge in [0.2, 0.25) is 5.91 Å². The molecular weight excluding hydrogens is 220 g/mol. The van der Waals surface area contributed by atoms with Crippen molar-refractivity contribution in [3.63, 3.8) is 0 Å². The van der Waals surface area contributed by atoms with Crippen LogP contribution in [0.3, 0.4) is 0 Å². The number of rotatable bonds is 10. The summed E-state index contributed by atoms with van der Waals surface area (Å²) in [6.07, 6.45) is 0. The zero-order valence-electron chi connectivity index (χ0n) is 11.5. The van der Waals surface area contributed by atoms with Gasteiger partial charge in [-0.15, -0.1) is 0 Å². The summed E-state index contributed by atoms with van der Waals surface area (Å²) in [7, 11) is 1.78. The number of amides is 1. The van der Waals surface area contributed by atoms with Gasteiger partial charge < -0.3 is 19.7 Å². The van der Waals surface area contributed by atoms with Crippen LogP contribution in [0.1, 0.15) is 20.8 Å². The van der Waals surface area contributed by atoms with Gasteiger partial charge in [-0.05, 0) is 27.8 Å². The van der Waals surface area contributed by atoms with Crippen molar-refractivity contribution >= 4 is 5.91 Å². The van der Waals surface area contributed by atoms with E-state index in [1.54, 1.807) is 11.9 Å². The summed E-state index contributed by atoms with van der Waals surface area (Å²) in [5, 5.41) is 2.95. The Kier molecular flexibility index (Phi) is 10.1. The van der Waals surface area contributed by atoms with Gasteiger partial charge in [0.15, 0.2) is 0 Å². The van der Waals surface area contributed by atoms with Crippen LogP contribution in [0.2, 0.25) is 0 Å². The second-order valence-corrected chi connectivity index (χ2v) is 3.73. The Bertz CT molecular complexity index is 190. The van der Waals surface area contributed by atoms with Crippen LogP contribution in [0.4, 0.5) is 0 Å². The van der Waals surface area contributed by atoms with Crippen LogP contribution in [0.5, 0.6) is 0 Å². The summed E-state index contributed by atoms with van der Waals surface area (Å²) in [6, 6.07) is -0.168. The first-order valence-electron chi connectivity index (χ1n) is 6.28. The van der Waals surface area contributed by atoms with Crippen LogP contribution in [-0.2, 0) is 14.3 Å². The minimum atomic E-state index is -0.168. The third kappa shape index (κ3) is 7.31. The van der Waals surface area contributed by atoms with Crippen LogP contribution in [0, 0.1) is 0 Å². The highest BCUT2D eigenvalue weighted by atomic mass is 16.5. The predicted molar refractivity (Wildman–Crippen MR) is 68.1 cm³/mol. The molecule has 0 aromatic rings. The SMILES string of the molecule is CCOCCN(CCOCC)C(=O)C(C)NC. The van der Waals surface area contributed by atoms with E-state index in [1.807, 2.05) is 20.8 Å². The fourth-order valence-electron chi connectivity index (χ4n) is 1.37. The molecule has 0 aliphatic carbocycles. The van der Waals surface area contributed by atoms with Crippen molar-refractivity contribution in [3.05, 3.63) is 0 Å². The van der Waals surface area contributed by atoms with E-state index in [-0.39, 0.29) is 11.9 Å². The van der Waals surface area contributed by atoms with Crippen LogP contribution in [0.25, 0.3) is 0 Å². The van der Waals surface area contributed by atoms with Gasteiger partial charge in [-0.3, -0.25) is 4.79 Å². The maximum Gasteiger partial charge on any atom is 0.239 e. The maximum absolute atomic E-state index is 12.0. The first-order valence-corrected chi connectivity index (χ1v) is 6.28.